The number of aromatic nitrogens is 2. The lowest BCUT2D eigenvalue weighted by Gasteiger charge is -2.13. The van der Waals surface area contributed by atoms with Gasteiger partial charge in [-0.2, -0.15) is 5.10 Å². The molecule has 23 heavy (non-hydrogen) atoms. The number of ether oxygens (including phenoxy) is 1. The van der Waals surface area contributed by atoms with Crippen molar-refractivity contribution >= 4 is 39.1 Å². The zero-order chi connectivity index (χ0) is 16.7. The number of anilines is 1. The zero-order valence-electron chi connectivity index (χ0n) is 12.5. The predicted molar refractivity (Wildman–Crippen MR) is 95.2 cm³/mol. The number of nitrogens with zero attached hydrogens (tertiary/aromatic N) is 2. The highest BCUT2D eigenvalue weighted by Gasteiger charge is 2.10. The van der Waals surface area contributed by atoms with E-state index >= 15 is 0 Å². The molecule has 8 heteroatoms. The molecular formula is C15H16BrFN4OS. The molecule has 0 spiro atoms. The minimum Gasteiger partial charge on any atom is -0.493 e. The van der Waals surface area contributed by atoms with Crippen LogP contribution in [0.25, 0.3) is 0 Å². The van der Waals surface area contributed by atoms with Gasteiger partial charge >= 0.3 is 0 Å². The first-order valence-corrected chi connectivity index (χ1v) is 8.24. The second-order valence-electron chi connectivity index (χ2n) is 4.51. The van der Waals surface area contributed by atoms with E-state index in [4.69, 9.17) is 17.0 Å². The molecule has 0 unspecified atom stereocenters. The van der Waals surface area contributed by atoms with Gasteiger partial charge < -0.3 is 15.4 Å². The number of hydrogen-bond donors (Lipinski definition) is 2. The molecule has 2 N–H and O–H groups in total. The Labute approximate surface area is 147 Å². The Hall–Kier alpha value is -1.80. The maximum Gasteiger partial charge on any atom is 0.172 e. The van der Waals surface area contributed by atoms with E-state index in [1.807, 2.05) is 6.92 Å². The van der Waals surface area contributed by atoms with Crippen molar-refractivity contribution in [3.63, 3.8) is 0 Å². The summed E-state index contributed by atoms with van der Waals surface area (Å²) in [6, 6.07) is 6.57. The van der Waals surface area contributed by atoms with Crippen LogP contribution in [0.2, 0.25) is 0 Å². The average Bonchev–Trinajstić information content (AvgIpc) is 2.52. The molecule has 2 aromatic rings. The van der Waals surface area contributed by atoms with Crippen LogP contribution in [0.5, 0.6) is 5.75 Å². The molecule has 0 aliphatic carbocycles. The summed E-state index contributed by atoms with van der Waals surface area (Å²) in [6.07, 6.45) is 2.02. The summed E-state index contributed by atoms with van der Waals surface area (Å²) in [5.74, 6) is 0.795. The Bertz CT molecular complexity index is 686. The standard InChI is InChI=1S/C15H16BrFN4OS/c1-2-22-13-5-3-4-12(17)10(13)6-8-18-15(23)20-14-11(16)7-9-19-21-14/h3-5,7,9H,2,6,8H2,1H3,(H2,18,20,21,23). The molecule has 0 aliphatic heterocycles. The minimum absolute atomic E-state index is 0.284. The second-order valence-corrected chi connectivity index (χ2v) is 5.77. The topological polar surface area (TPSA) is 59.1 Å². The van der Waals surface area contributed by atoms with E-state index in [1.165, 1.54) is 6.07 Å². The maximum atomic E-state index is 13.9. The molecule has 0 aliphatic rings. The minimum atomic E-state index is -0.284. The van der Waals surface area contributed by atoms with Gasteiger partial charge in [-0.15, -0.1) is 5.10 Å². The number of hydrogen-bond acceptors (Lipinski definition) is 4. The summed E-state index contributed by atoms with van der Waals surface area (Å²) in [5, 5.41) is 14.0. The van der Waals surface area contributed by atoms with E-state index in [2.05, 4.69) is 36.8 Å². The third-order valence-corrected chi connectivity index (χ3v) is 3.83. The summed E-state index contributed by atoms with van der Waals surface area (Å²) < 4.78 is 20.1. The van der Waals surface area contributed by atoms with E-state index in [0.29, 0.717) is 41.8 Å². The molecule has 0 fully saturated rings. The Morgan fingerprint density at radius 1 is 1.39 bits per heavy atom. The van der Waals surface area contributed by atoms with Crippen molar-refractivity contribution < 1.29 is 9.13 Å². The third kappa shape index (κ3) is 5.11. The van der Waals surface area contributed by atoms with Crippen molar-refractivity contribution in [2.75, 3.05) is 18.5 Å². The largest absolute Gasteiger partial charge is 0.493 e. The van der Waals surface area contributed by atoms with Gasteiger partial charge in [-0.05, 0) is 59.7 Å². The third-order valence-electron chi connectivity index (χ3n) is 2.94. The molecule has 2 rings (SSSR count). The van der Waals surface area contributed by atoms with Gasteiger partial charge in [0.2, 0.25) is 0 Å². The van der Waals surface area contributed by atoms with Crippen LogP contribution in [-0.2, 0) is 6.42 Å². The molecule has 122 valence electrons. The van der Waals surface area contributed by atoms with Crippen molar-refractivity contribution in [2.24, 2.45) is 0 Å². The number of nitrogens with one attached hydrogen (secondary N) is 2. The van der Waals surface area contributed by atoms with Gasteiger partial charge in [-0.3, -0.25) is 0 Å². The number of rotatable bonds is 6. The first-order chi connectivity index (χ1) is 11.1. The highest BCUT2D eigenvalue weighted by molar-refractivity contribution is 9.10. The van der Waals surface area contributed by atoms with E-state index in [-0.39, 0.29) is 5.82 Å². The summed E-state index contributed by atoms with van der Waals surface area (Å²) in [6.45, 7) is 2.82. The van der Waals surface area contributed by atoms with E-state index in [9.17, 15) is 4.39 Å². The fourth-order valence-electron chi connectivity index (χ4n) is 1.93. The first kappa shape index (κ1) is 17.6. The van der Waals surface area contributed by atoms with Gasteiger partial charge in [-0.25, -0.2) is 4.39 Å². The van der Waals surface area contributed by atoms with E-state index in [1.54, 1.807) is 24.4 Å². The predicted octanol–water partition coefficient (Wildman–Crippen LogP) is 3.31. The first-order valence-electron chi connectivity index (χ1n) is 7.04. The SMILES string of the molecule is CCOc1cccc(F)c1CCNC(=S)Nc1nnccc1Br. The van der Waals surface area contributed by atoms with Crippen molar-refractivity contribution in [2.45, 2.75) is 13.3 Å². The van der Waals surface area contributed by atoms with Gasteiger partial charge in [0.25, 0.3) is 0 Å². The van der Waals surface area contributed by atoms with Crippen LogP contribution < -0.4 is 15.4 Å². The van der Waals surface area contributed by atoms with Crippen LogP contribution in [0.15, 0.2) is 34.9 Å². The maximum absolute atomic E-state index is 13.9. The Morgan fingerprint density at radius 2 is 2.22 bits per heavy atom. The van der Waals surface area contributed by atoms with E-state index in [0.717, 1.165) is 4.47 Å². The van der Waals surface area contributed by atoms with Crippen LogP contribution in [0.3, 0.4) is 0 Å². The molecule has 0 saturated heterocycles. The Balaban J connectivity index is 1.90. The van der Waals surface area contributed by atoms with Gasteiger partial charge in [0.05, 0.1) is 17.3 Å². The summed E-state index contributed by atoms with van der Waals surface area (Å²) in [4.78, 5) is 0. The highest BCUT2D eigenvalue weighted by atomic mass is 79.9. The molecule has 0 radical (unpaired) electrons. The Morgan fingerprint density at radius 3 is 2.96 bits per heavy atom. The number of halogens is 2. The quantitative estimate of drug-likeness (QED) is 0.727. The molecule has 0 atom stereocenters. The van der Waals surface area contributed by atoms with Crippen LogP contribution in [0.4, 0.5) is 10.2 Å². The Kier molecular flexibility index (Phi) is 6.66. The van der Waals surface area contributed by atoms with Crippen molar-refractivity contribution in [1.82, 2.24) is 15.5 Å². The van der Waals surface area contributed by atoms with Gasteiger partial charge in [0.15, 0.2) is 10.9 Å². The molecular weight excluding hydrogens is 383 g/mol. The van der Waals surface area contributed by atoms with Crippen LogP contribution in [0.1, 0.15) is 12.5 Å². The van der Waals surface area contributed by atoms with Gasteiger partial charge in [0, 0.05) is 12.1 Å². The lowest BCUT2D eigenvalue weighted by Crippen LogP contribution is -2.31. The van der Waals surface area contributed by atoms with Crippen molar-refractivity contribution in [3.8, 4) is 5.75 Å². The van der Waals surface area contributed by atoms with E-state index < -0.39 is 0 Å². The molecule has 0 amide bonds. The highest BCUT2D eigenvalue weighted by Crippen LogP contribution is 2.22. The zero-order valence-corrected chi connectivity index (χ0v) is 14.9. The normalized spacial score (nSPS) is 10.2. The summed E-state index contributed by atoms with van der Waals surface area (Å²) in [5.41, 5.74) is 0.533. The summed E-state index contributed by atoms with van der Waals surface area (Å²) in [7, 11) is 0. The lowest BCUT2D eigenvalue weighted by atomic mass is 10.1. The number of thiocarbonyl (C=S) groups is 1. The fourth-order valence-corrected chi connectivity index (χ4v) is 2.42. The average molecular weight is 399 g/mol. The fraction of sp³-hybridized carbons (Fsp3) is 0.267. The second kappa shape index (κ2) is 8.73. The van der Waals surface area contributed by atoms with Crippen LogP contribution in [-0.4, -0.2) is 28.5 Å². The van der Waals surface area contributed by atoms with Gasteiger partial charge in [-0.1, -0.05) is 6.07 Å². The van der Waals surface area contributed by atoms with Crippen molar-refractivity contribution in [1.29, 1.82) is 0 Å². The van der Waals surface area contributed by atoms with Gasteiger partial charge in [0.1, 0.15) is 11.6 Å². The summed E-state index contributed by atoms with van der Waals surface area (Å²) >= 11 is 8.54. The number of benzene rings is 1. The monoisotopic (exact) mass is 398 g/mol. The van der Waals surface area contributed by atoms with Crippen LogP contribution >= 0.6 is 28.1 Å². The molecule has 1 heterocycles. The molecule has 1 aromatic heterocycles. The lowest BCUT2D eigenvalue weighted by molar-refractivity contribution is 0.333. The van der Waals surface area contributed by atoms with Crippen LogP contribution in [0, 0.1) is 5.82 Å². The molecule has 5 nitrogen and oxygen atoms in total. The molecule has 0 saturated carbocycles. The molecule has 1 aromatic carbocycles. The smallest absolute Gasteiger partial charge is 0.172 e. The van der Waals surface area contributed by atoms with Crippen molar-refractivity contribution in [3.05, 3.63) is 46.3 Å². The molecule has 0 bridgehead atoms.